The molecule has 3 rings (SSSR count). The molecule has 2 heterocycles. The molecule has 1 atom stereocenters. The molecule has 1 aromatic rings. The minimum Gasteiger partial charge on any atom is -0.368 e. The highest BCUT2D eigenvalue weighted by Gasteiger charge is 2.31. The minimum absolute atomic E-state index is 0. The van der Waals surface area contributed by atoms with Crippen LogP contribution in [0.15, 0.2) is 29.3 Å². The number of piperazine rings is 1. The lowest BCUT2D eigenvalue weighted by atomic mass is 10.1. The number of hydrogen-bond donors (Lipinski definition) is 1. The number of rotatable bonds is 4. The Kier molecular flexibility index (Phi) is 8.87. The molecule has 2 saturated heterocycles. The van der Waals surface area contributed by atoms with E-state index in [0.717, 1.165) is 51.3 Å². The number of nitrogens with one attached hydrogen (secondary N) is 1. The molecule has 2 aliphatic heterocycles. The lowest BCUT2D eigenvalue weighted by Crippen LogP contribution is -2.52. The molecule has 1 N–H and O–H groups in total. The van der Waals surface area contributed by atoms with Crippen molar-refractivity contribution in [1.82, 2.24) is 15.1 Å². The van der Waals surface area contributed by atoms with Gasteiger partial charge in [0, 0.05) is 51.5 Å². The third-order valence-electron chi connectivity index (χ3n) is 5.44. The molecule has 0 spiro atoms. The van der Waals surface area contributed by atoms with E-state index in [4.69, 9.17) is 4.99 Å². The Morgan fingerprint density at radius 2 is 1.90 bits per heavy atom. The quantitative estimate of drug-likeness (QED) is 0.372. The summed E-state index contributed by atoms with van der Waals surface area (Å²) in [5.74, 6) is 1.52. The Morgan fingerprint density at radius 3 is 2.48 bits per heavy atom. The van der Waals surface area contributed by atoms with Gasteiger partial charge in [0.05, 0.1) is 5.56 Å². The van der Waals surface area contributed by atoms with Gasteiger partial charge < -0.3 is 20.0 Å². The van der Waals surface area contributed by atoms with E-state index >= 15 is 0 Å². The summed E-state index contributed by atoms with van der Waals surface area (Å²) in [5, 5.41) is 3.37. The van der Waals surface area contributed by atoms with Crippen molar-refractivity contribution in [3.05, 3.63) is 29.8 Å². The van der Waals surface area contributed by atoms with Crippen molar-refractivity contribution in [2.75, 3.05) is 64.3 Å². The van der Waals surface area contributed by atoms with Crippen LogP contribution in [0.2, 0.25) is 0 Å². The first kappa shape index (κ1) is 24.0. The van der Waals surface area contributed by atoms with Crippen molar-refractivity contribution in [1.29, 1.82) is 0 Å². The van der Waals surface area contributed by atoms with Crippen LogP contribution in [0.1, 0.15) is 18.9 Å². The summed E-state index contributed by atoms with van der Waals surface area (Å²) < 4.78 is 38.9. The first-order valence-corrected chi connectivity index (χ1v) is 10.0. The molecule has 29 heavy (non-hydrogen) atoms. The molecule has 1 aromatic carbocycles. The number of benzene rings is 1. The normalized spacial score (nSPS) is 21.3. The number of halogens is 4. The molecule has 1 unspecified atom stereocenters. The van der Waals surface area contributed by atoms with Gasteiger partial charge in [-0.25, -0.2) is 0 Å². The zero-order valence-corrected chi connectivity index (χ0v) is 19.4. The highest BCUT2D eigenvalue weighted by molar-refractivity contribution is 14.0. The second-order valence-electron chi connectivity index (χ2n) is 7.63. The summed E-state index contributed by atoms with van der Waals surface area (Å²) in [6.45, 7) is 8.74. The third-order valence-corrected chi connectivity index (χ3v) is 5.44. The average Bonchev–Trinajstić information content (AvgIpc) is 3.10. The maximum absolute atomic E-state index is 13.0. The average molecular weight is 525 g/mol. The first-order valence-electron chi connectivity index (χ1n) is 10.0. The van der Waals surface area contributed by atoms with E-state index in [9.17, 15) is 13.2 Å². The predicted molar refractivity (Wildman–Crippen MR) is 122 cm³/mol. The van der Waals surface area contributed by atoms with E-state index in [1.807, 2.05) is 4.90 Å². The summed E-state index contributed by atoms with van der Waals surface area (Å²) in [6, 6.07) is 5.59. The number of alkyl halides is 3. The van der Waals surface area contributed by atoms with Crippen molar-refractivity contribution >= 4 is 35.6 Å². The molecule has 0 aliphatic carbocycles. The topological polar surface area (TPSA) is 34.1 Å². The van der Waals surface area contributed by atoms with E-state index in [0.29, 0.717) is 24.7 Å². The van der Waals surface area contributed by atoms with E-state index in [1.54, 1.807) is 6.07 Å². The Labute approximate surface area is 188 Å². The van der Waals surface area contributed by atoms with Gasteiger partial charge in [-0.05, 0) is 51.1 Å². The van der Waals surface area contributed by atoms with Crippen LogP contribution in [0.4, 0.5) is 18.9 Å². The van der Waals surface area contributed by atoms with Gasteiger partial charge >= 0.3 is 6.18 Å². The smallest absolute Gasteiger partial charge is 0.368 e. The van der Waals surface area contributed by atoms with Gasteiger partial charge in [0.15, 0.2) is 5.96 Å². The van der Waals surface area contributed by atoms with Gasteiger partial charge in [-0.3, -0.25) is 4.99 Å². The fraction of sp³-hybridized carbons (Fsp3) is 0.650. The van der Waals surface area contributed by atoms with Crippen LogP contribution in [0.5, 0.6) is 0 Å². The van der Waals surface area contributed by atoms with Crippen LogP contribution in [-0.2, 0) is 6.18 Å². The number of aliphatic imine (C=N–C) groups is 1. The van der Waals surface area contributed by atoms with Crippen molar-refractivity contribution in [3.8, 4) is 0 Å². The van der Waals surface area contributed by atoms with Crippen LogP contribution < -0.4 is 10.2 Å². The van der Waals surface area contributed by atoms with Gasteiger partial charge in [0.1, 0.15) is 0 Å². The monoisotopic (exact) mass is 525 g/mol. The van der Waals surface area contributed by atoms with E-state index < -0.39 is 11.7 Å². The van der Waals surface area contributed by atoms with Gasteiger partial charge in [-0.2, -0.15) is 13.2 Å². The zero-order chi connectivity index (χ0) is 20.1. The number of anilines is 1. The molecule has 0 bridgehead atoms. The van der Waals surface area contributed by atoms with Gasteiger partial charge in [0.2, 0.25) is 0 Å². The van der Waals surface area contributed by atoms with Gasteiger partial charge in [0.25, 0.3) is 0 Å². The highest BCUT2D eigenvalue weighted by atomic mass is 127. The van der Waals surface area contributed by atoms with Crippen LogP contribution in [0, 0.1) is 5.92 Å². The second-order valence-corrected chi connectivity index (χ2v) is 7.63. The fourth-order valence-corrected chi connectivity index (χ4v) is 3.87. The highest BCUT2D eigenvalue weighted by Crippen LogP contribution is 2.31. The number of guanidine groups is 1. The van der Waals surface area contributed by atoms with E-state index in [-0.39, 0.29) is 24.0 Å². The number of nitrogens with zero attached hydrogens (tertiary/aromatic N) is 4. The zero-order valence-electron chi connectivity index (χ0n) is 17.1. The predicted octanol–water partition coefficient (Wildman–Crippen LogP) is 3.36. The number of likely N-dealkylation sites (tertiary alicyclic amines) is 1. The number of hydrogen-bond acceptors (Lipinski definition) is 3. The van der Waals surface area contributed by atoms with E-state index in [2.05, 4.69) is 29.1 Å². The minimum atomic E-state index is -4.31. The van der Waals surface area contributed by atoms with E-state index in [1.165, 1.54) is 18.6 Å². The molecular weight excluding hydrogens is 494 g/mol. The molecular formula is C20H31F3IN5. The summed E-state index contributed by atoms with van der Waals surface area (Å²) in [7, 11) is 2.14. The van der Waals surface area contributed by atoms with Gasteiger partial charge in [-0.1, -0.05) is 6.07 Å². The maximum Gasteiger partial charge on any atom is 0.416 e. The van der Waals surface area contributed by atoms with Crippen LogP contribution in [0.3, 0.4) is 0 Å². The lowest BCUT2D eigenvalue weighted by molar-refractivity contribution is -0.137. The van der Waals surface area contributed by atoms with Crippen molar-refractivity contribution < 1.29 is 13.2 Å². The maximum atomic E-state index is 13.0. The van der Waals surface area contributed by atoms with Crippen molar-refractivity contribution in [3.63, 3.8) is 0 Å². The summed E-state index contributed by atoms with van der Waals surface area (Å²) >= 11 is 0. The summed E-state index contributed by atoms with van der Waals surface area (Å²) in [6.07, 6.45) is -3.13. The summed E-state index contributed by atoms with van der Waals surface area (Å²) in [4.78, 5) is 11.4. The SMILES string of the molecule is CCNC(=NCC1CCN(C)C1)N1CCN(c2cccc(C(F)(F)F)c2)CC1.I. The Balaban J connectivity index is 0.00000300. The fourth-order valence-electron chi connectivity index (χ4n) is 3.87. The molecule has 5 nitrogen and oxygen atoms in total. The van der Waals surface area contributed by atoms with Crippen molar-refractivity contribution in [2.45, 2.75) is 19.5 Å². The standard InChI is InChI=1S/C20H30F3N5.HI/c1-3-24-19(25-14-16-7-8-26(2)15-16)28-11-9-27(10-12-28)18-6-4-5-17(13-18)20(21,22)23;/h4-6,13,16H,3,7-12,14-15H2,1-2H3,(H,24,25);1H. The summed E-state index contributed by atoms with van der Waals surface area (Å²) in [5.41, 5.74) is 0.0364. The Bertz CT molecular complexity index is 674. The molecule has 2 aliphatic rings. The molecule has 0 saturated carbocycles. The molecule has 2 fully saturated rings. The molecule has 0 radical (unpaired) electrons. The second kappa shape index (κ2) is 10.7. The van der Waals surface area contributed by atoms with Crippen LogP contribution in [-0.4, -0.2) is 75.2 Å². The molecule has 164 valence electrons. The molecule has 0 amide bonds. The van der Waals surface area contributed by atoms with Gasteiger partial charge in [-0.15, -0.1) is 24.0 Å². The van der Waals surface area contributed by atoms with Crippen molar-refractivity contribution in [2.24, 2.45) is 10.9 Å². The lowest BCUT2D eigenvalue weighted by Gasteiger charge is -2.38. The Hall–Kier alpha value is -1.23. The van der Waals surface area contributed by atoms with Crippen LogP contribution >= 0.6 is 24.0 Å². The van der Waals surface area contributed by atoms with Crippen LogP contribution in [0.25, 0.3) is 0 Å². The third kappa shape index (κ3) is 6.63. The molecule has 0 aromatic heterocycles. The largest absolute Gasteiger partial charge is 0.416 e. The Morgan fingerprint density at radius 1 is 1.17 bits per heavy atom. The first-order chi connectivity index (χ1) is 13.4. The molecule has 9 heteroatoms.